The van der Waals surface area contributed by atoms with E-state index in [0.717, 1.165) is 27.0 Å². The van der Waals surface area contributed by atoms with Crippen molar-refractivity contribution in [1.82, 2.24) is 0 Å². The topological polar surface area (TPSA) is 17.1 Å². The molecule has 0 unspecified atom stereocenters. The third-order valence-corrected chi connectivity index (χ3v) is 16.6. The zero-order chi connectivity index (χ0) is 37.2. The molecule has 2 aromatic heterocycles. The molecule has 0 amide bonds. The molecule has 0 saturated carbocycles. The summed E-state index contributed by atoms with van der Waals surface area (Å²) in [6.45, 7) is 0. The van der Waals surface area contributed by atoms with E-state index in [1.165, 1.54) is 73.4 Å². The van der Waals surface area contributed by atoms with E-state index in [0.29, 0.717) is 0 Å². The second-order valence-electron chi connectivity index (χ2n) is 14.4. The van der Waals surface area contributed by atoms with Crippen LogP contribution in [0, 0.1) is 0 Å². The minimum absolute atomic E-state index is 0.831. The second kappa shape index (κ2) is 13.3. The Kier molecular flexibility index (Phi) is 7.89. The van der Waals surface area contributed by atoms with Crippen LogP contribution in [0.25, 0.3) is 84.5 Å². The maximum Gasteiger partial charge on any atom is 0.171 e. The molecule has 0 N–H and O–H groups in total. The quantitative estimate of drug-likeness (QED) is 0.154. The van der Waals surface area contributed by atoms with Gasteiger partial charge in [0.2, 0.25) is 0 Å². The molecule has 0 aliphatic heterocycles. The van der Waals surface area contributed by atoms with E-state index in [9.17, 15) is 0 Å². The highest BCUT2D eigenvalue weighted by molar-refractivity contribution is 7.85. The summed E-state index contributed by atoms with van der Waals surface area (Å²) in [6.07, 6.45) is 0. The van der Waals surface area contributed by atoms with Crippen molar-refractivity contribution >= 4 is 96.8 Å². The van der Waals surface area contributed by atoms with Crippen molar-refractivity contribution in [3.63, 3.8) is 0 Å². The predicted molar refractivity (Wildman–Crippen MR) is 245 cm³/mol. The van der Waals surface area contributed by atoms with Gasteiger partial charge in [-0.1, -0.05) is 164 Å². The van der Waals surface area contributed by atoms with Crippen LogP contribution in [-0.4, -0.2) is 0 Å². The molecule has 11 aromatic rings. The van der Waals surface area contributed by atoms with Gasteiger partial charge in [0.1, 0.15) is 0 Å². The first-order valence-corrected chi connectivity index (χ1v) is 22.2. The zero-order valence-corrected chi connectivity index (χ0v) is 32.8. The lowest BCUT2D eigenvalue weighted by Crippen LogP contribution is -2.25. The van der Waals surface area contributed by atoms with E-state index in [1.54, 1.807) is 0 Å². The van der Waals surface area contributed by atoms with Gasteiger partial charge in [0.05, 0.1) is 0 Å². The molecule has 4 heteroatoms. The second-order valence-corrected chi connectivity index (χ2v) is 19.2. The fraction of sp³-hybridized carbons (Fsp3) is 0. The number of rotatable bonds is 6. The first kappa shape index (κ1) is 33.3. The number of thiophene rings is 2. The molecule has 9 aromatic carbocycles. The summed E-state index contributed by atoms with van der Waals surface area (Å²) in [5.74, 6) is 0. The molecule has 1 nitrogen and oxygen atoms in total. The van der Waals surface area contributed by atoms with Gasteiger partial charge in [-0.3, -0.25) is 0 Å². The zero-order valence-electron chi connectivity index (χ0n) is 30.2. The third-order valence-electron chi connectivity index (χ3n) is 11.1. The highest BCUT2D eigenvalue weighted by Crippen LogP contribution is 2.47. The number of hydrogen-bond donors (Lipinski definition) is 0. The number of benzene rings is 9. The van der Waals surface area contributed by atoms with E-state index >= 15 is 4.57 Å². The number of hydrogen-bond acceptors (Lipinski definition) is 3. The molecule has 0 atom stereocenters. The van der Waals surface area contributed by atoms with Gasteiger partial charge in [-0.2, -0.15) is 0 Å². The largest absolute Gasteiger partial charge is 0.309 e. The summed E-state index contributed by atoms with van der Waals surface area (Å²) >= 11 is 3.75. The average Bonchev–Trinajstić information content (AvgIpc) is 3.86. The molecule has 11 rings (SSSR count). The van der Waals surface area contributed by atoms with E-state index in [2.05, 4.69) is 127 Å². The fourth-order valence-electron chi connectivity index (χ4n) is 8.45. The van der Waals surface area contributed by atoms with Crippen LogP contribution in [0.3, 0.4) is 0 Å². The standard InChI is InChI=1S/C52H33OPS2/c53-54(39-17-3-1-4-18-39,40-19-5-2-6-20-40)41-21-12-15-35(31-41)34-14-11-16-36(30-34)47-33-38-29-28-37(32-46(38)50-45-23-8-10-27-49(45)56-52(47)50)42-24-13-25-44-43-22-7-9-26-48(43)55-51(42)44/h1-33H. The Morgan fingerprint density at radius 3 is 1.66 bits per heavy atom. The normalized spacial score (nSPS) is 12.0. The molecular weight excluding hydrogens is 736 g/mol. The highest BCUT2D eigenvalue weighted by atomic mass is 32.1. The lowest BCUT2D eigenvalue weighted by Gasteiger charge is -2.20. The molecular formula is C52H33OPS2. The Hall–Kier alpha value is -6.09. The van der Waals surface area contributed by atoms with Crippen LogP contribution < -0.4 is 15.9 Å². The molecule has 0 radical (unpaired) electrons. The summed E-state index contributed by atoms with van der Waals surface area (Å²) in [4.78, 5) is 0. The summed E-state index contributed by atoms with van der Waals surface area (Å²) in [5.41, 5.74) is 7.05. The number of fused-ring (bicyclic) bond motifs is 8. The smallest absolute Gasteiger partial charge is 0.171 e. The Morgan fingerprint density at radius 1 is 0.339 bits per heavy atom. The van der Waals surface area contributed by atoms with E-state index in [4.69, 9.17) is 0 Å². The van der Waals surface area contributed by atoms with Gasteiger partial charge >= 0.3 is 0 Å². The fourth-order valence-corrected chi connectivity index (χ4v) is 13.6. The van der Waals surface area contributed by atoms with Crippen molar-refractivity contribution < 1.29 is 4.57 Å². The van der Waals surface area contributed by atoms with Crippen molar-refractivity contribution in [3.8, 4) is 33.4 Å². The maximum atomic E-state index is 15.3. The monoisotopic (exact) mass is 768 g/mol. The predicted octanol–water partition coefficient (Wildman–Crippen LogP) is 14.2. The Labute approximate surface area is 333 Å². The Balaban J connectivity index is 1.07. The summed E-state index contributed by atoms with van der Waals surface area (Å²) in [6, 6.07) is 70.7. The Morgan fingerprint density at radius 2 is 0.893 bits per heavy atom. The molecule has 0 aliphatic rings. The van der Waals surface area contributed by atoms with Gasteiger partial charge in [-0.25, -0.2) is 0 Å². The molecule has 264 valence electrons. The summed E-state index contributed by atoms with van der Waals surface area (Å²) in [7, 11) is -3.12. The molecule has 0 spiro atoms. The minimum atomic E-state index is -3.12. The lowest BCUT2D eigenvalue weighted by molar-refractivity contribution is 0.592. The average molecular weight is 769 g/mol. The van der Waals surface area contributed by atoms with E-state index < -0.39 is 7.14 Å². The third kappa shape index (κ3) is 5.31. The molecule has 0 saturated heterocycles. The van der Waals surface area contributed by atoms with Crippen molar-refractivity contribution in [2.24, 2.45) is 0 Å². The summed E-state index contributed by atoms with van der Waals surface area (Å²) < 4.78 is 20.5. The first-order chi connectivity index (χ1) is 27.6. The van der Waals surface area contributed by atoms with Crippen LogP contribution >= 0.6 is 29.8 Å². The molecule has 2 heterocycles. The van der Waals surface area contributed by atoms with Crippen LogP contribution in [0.15, 0.2) is 200 Å². The molecule has 56 heavy (non-hydrogen) atoms. The van der Waals surface area contributed by atoms with Crippen molar-refractivity contribution in [2.75, 3.05) is 0 Å². The van der Waals surface area contributed by atoms with E-state index in [1.807, 2.05) is 95.5 Å². The van der Waals surface area contributed by atoms with Crippen LogP contribution in [0.4, 0.5) is 0 Å². The molecule has 0 aliphatic carbocycles. The van der Waals surface area contributed by atoms with Gasteiger partial charge in [-0.15, -0.1) is 22.7 Å². The van der Waals surface area contributed by atoms with Crippen molar-refractivity contribution in [1.29, 1.82) is 0 Å². The SMILES string of the molecule is O=P(c1ccccc1)(c1ccccc1)c1cccc(-c2cccc(-c3cc4ccc(-c5cccc6c5sc5ccccc56)cc4c4c3sc3ccccc34)c2)c1. The van der Waals surface area contributed by atoms with Crippen LogP contribution in [0.5, 0.6) is 0 Å². The minimum Gasteiger partial charge on any atom is -0.309 e. The van der Waals surface area contributed by atoms with Gasteiger partial charge in [0.25, 0.3) is 0 Å². The lowest BCUT2D eigenvalue weighted by atomic mass is 9.92. The van der Waals surface area contributed by atoms with Gasteiger partial charge in [-0.05, 0) is 75.0 Å². The first-order valence-electron chi connectivity index (χ1n) is 18.8. The summed E-state index contributed by atoms with van der Waals surface area (Å²) in [5, 5.41) is 10.2. The van der Waals surface area contributed by atoms with Crippen LogP contribution in [0.2, 0.25) is 0 Å². The van der Waals surface area contributed by atoms with Crippen molar-refractivity contribution in [3.05, 3.63) is 200 Å². The maximum absolute atomic E-state index is 15.3. The van der Waals surface area contributed by atoms with E-state index in [-0.39, 0.29) is 0 Å². The van der Waals surface area contributed by atoms with Gasteiger partial charge in [0.15, 0.2) is 7.14 Å². The van der Waals surface area contributed by atoms with Gasteiger partial charge < -0.3 is 4.57 Å². The van der Waals surface area contributed by atoms with Crippen molar-refractivity contribution in [2.45, 2.75) is 0 Å². The highest BCUT2D eigenvalue weighted by Gasteiger charge is 2.30. The molecule has 0 bridgehead atoms. The van der Waals surface area contributed by atoms with Crippen LogP contribution in [-0.2, 0) is 4.57 Å². The Bertz CT molecular complexity index is 3300. The molecule has 0 fully saturated rings. The van der Waals surface area contributed by atoms with Crippen LogP contribution in [0.1, 0.15) is 0 Å². The van der Waals surface area contributed by atoms with Gasteiger partial charge in [0, 0.05) is 61.8 Å².